The average Bonchev–Trinajstić information content (AvgIpc) is 2.14. The smallest absolute Gasteiger partial charge is 0.334 e. The summed E-state index contributed by atoms with van der Waals surface area (Å²) in [6.07, 6.45) is -0.911. The van der Waals surface area contributed by atoms with E-state index in [1.165, 1.54) is 6.92 Å². The summed E-state index contributed by atoms with van der Waals surface area (Å²) in [5, 5.41) is 17.7. The highest BCUT2D eigenvalue weighted by molar-refractivity contribution is 5.88. The van der Waals surface area contributed by atoms with Gasteiger partial charge in [-0.15, -0.1) is 0 Å². The van der Waals surface area contributed by atoms with Gasteiger partial charge in [-0.05, 0) is 6.92 Å². The molecule has 0 aromatic heterocycles. The van der Waals surface area contributed by atoms with Gasteiger partial charge in [-0.25, -0.2) is 9.59 Å². The van der Waals surface area contributed by atoms with Crippen LogP contribution >= 0.6 is 0 Å². The molecule has 0 fully saturated rings. The van der Waals surface area contributed by atoms with E-state index in [9.17, 15) is 9.59 Å². The highest BCUT2D eigenvalue weighted by Crippen LogP contribution is 2.12. The Morgan fingerprint density at radius 1 is 1.53 bits per heavy atom. The first-order valence-corrected chi connectivity index (χ1v) is 4.31. The van der Waals surface area contributed by atoms with Gasteiger partial charge in [0.1, 0.15) is 6.10 Å². The molecule has 0 heterocycles. The number of carboxylic acid groups (broad SMARTS) is 1. The van der Waals surface area contributed by atoms with Crippen molar-refractivity contribution in [2.24, 2.45) is 0 Å². The molecular formula is C10H14O5. The molecule has 0 radical (unpaired) electrons. The number of hydrogen-bond donors (Lipinski definition) is 2. The molecule has 5 nitrogen and oxygen atoms in total. The Balaban J connectivity index is 4.57. The van der Waals surface area contributed by atoms with Gasteiger partial charge >= 0.3 is 11.9 Å². The number of aliphatic carboxylic acids is 1. The lowest BCUT2D eigenvalue weighted by molar-refractivity contribution is -0.144. The molecule has 5 heteroatoms. The zero-order chi connectivity index (χ0) is 12.0. The molecule has 2 N–H and O–H groups in total. The number of hydrogen-bond acceptors (Lipinski definition) is 4. The van der Waals surface area contributed by atoms with Crippen molar-refractivity contribution >= 4 is 11.9 Å². The molecule has 0 aliphatic rings. The van der Waals surface area contributed by atoms with E-state index in [2.05, 4.69) is 13.2 Å². The van der Waals surface area contributed by atoms with Crippen LogP contribution in [-0.2, 0) is 14.3 Å². The molecule has 0 aliphatic heterocycles. The Morgan fingerprint density at radius 3 is 2.40 bits per heavy atom. The second-order valence-electron chi connectivity index (χ2n) is 3.04. The Kier molecular flexibility index (Phi) is 5.33. The van der Waals surface area contributed by atoms with E-state index in [0.717, 1.165) is 6.08 Å². The van der Waals surface area contributed by atoms with Crippen LogP contribution in [0.3, 0.4) is 0 Å². The molecule has 0 aromatic carbocycles. The fourth-order valence-corrected chi connectivity index (χ4v) is 0.897. The quantitative estimate of drug-likeness (QED) is 0.496. The number of ether oxygens (including phenoxy) is 1. The molecule has 0 spiro atoms. The lowest BCUT2D eigenvalue weighted by Crippen LogP contribution is -2.26. The maximum absolute atomic E-state index is 10.9. The average molecular weight is 214 g/mol. The Hall–Kier alpha value is -1.62. The lowest BCUT2D eigenvalue weighted by Gasteiger charge is -2.18. The summed E-state index contributed by atoms with van der Waals surface area (Å²) in [5.74, 6) is -2.01. The number of carbonyl (C=O) groups is 2. The summed E-state index contributed by atoms with van der Waals surface area (Å²) in [6.45, 7) is 7.92. The largest absolute Gasteiger partial charge is 0.478 e. The molecule has 15 heavy (non-hydrogen) atoms. The van der Waals surface area contributed by atoms with Crippen molar-refractivity contribution in [1.82, 2.24) is 0 Å². The monoisotopic (exact) mass is 214 g/mol. The summed E-state index contributed by atoms with van der Waals surface area (Å²) in [5.41, 5.74) is -0.272. The molecule has 0 amide bonds. The highest BCUT2D eigenvalue weighted by Gasteiger charge is 2.23. The van der Waals surface area contributed by atoms with Gasteiger partial charge < -0.3 is 14.9 Å². The molecule has 0 rings (SSSR count). The first kappa shape index (κ1) is 13.4. The van der Waals surface area contributed by atoms with Crippen LogP contribution in [-0.4, -0.2) is 34.4 Å². The van der Waals surface area contributed by atoms with E-state index in [-0.39, 0.29) is 12.0 Å². The van der Waals surface area contributed by atoms with Gasteiger partial charge in [-0.1, -0.05) is 13.2 Å². The van der Waals surface area contributed by atoms with Crippen LogP contribution in [0.4, 0.5) is 0 Å². The molecule has 84 valence electrons. The molecule has 0 aromatic rings. The number of rotatable bonds is 6. The number of esters is 1. The minimum atomic E-state index is -1.27. The van der Waals surface area contributed by atoms with Gasteiger partial charge in [-0.3, -0.25) is 0 Å². The summed E-state index contributed by atoms with van der Waals surface area (Å²) in [7, 11) is 0. The summed E-state index contributed by atoms with van der Waals surface area (Å²) in [6, 6.07) is 0. The van der Waals surface area contributed by atoms with E-state index < -0.39 is 24.1 Å². The molecule has 0 saturated carbocycles. The van der Waals surface area contributed by atoms with Crippen molar-refractivity contribution in [3.05, 3.63) is 24.8 Å². The van der Waals surface area contributed by atoms with Crippen molar-refractivity contribution in [2.75, 3.05) is 0 Å². The third-order valence-electron chi connectivity index (χ3n) is 1.64. The maximum atomic E-state index is 10.9. The van der Waals surface area contributed by atoms with Gasteiger partial charge in [0.15, 0.2) is 0 Å². The van der Waals surface area contributed by atoms with Crippen molar-refractivity contribution in [1.29, 1.82) is 0 Å². The van der Waals surface area contributed by atoms with Crippen LogP contribution in [0.25, 0.3) is 0 Å². The lowest BCUT2D eigenvalue weighted by atomic mass is 10.1. The van der Waals surface area contributed by atoms with E-state index in [1.807, 2.05) is 0 Å². The van der Waals surface area contributed by atoms with Crippen molar-refractivity contribution < 1.29 is 24.5 Å². The molecule has 0 aliphatic carbocycles. The van der Waals surface area contributed by atoms with Crippen molar-refractivity contribution in [2.45, 2.75) is 25.6 Å². The van der Waals surface area contributed by atoms with Crippen LogP contribution in [0.1, 0.15) is 13.3 Å². The summed E-state index contributed by atoms with van der Waals surface area (Å²) in [4.78, 5) is 21.5. The zero-order valence-electron chi connectivity index (χ0n) is 8.47. The van der Waals surface area contributed by atoms with E-state index in [1.54, 1.807) is 0 Å². The molecule has 0 bridgehead atoms. The minimum Gasteiger partial charge on any atom is -0.478 e. The van der Waals surface area contributed by atoms with E-state index in [0.29, 0.717) is 0 Å². The van der Waals surface area contributed by atoms with Crippen molar-refractivity contribution in [3.63, 3.8) is 0 Å². The predicted molar refractivity (Wildman–Crippen MR) is 53.2 cm³/mol. The topological polar surface area (TPSA) is 83.8 Å². The SMILES string of the molecule is C=CC(=O)OC(CC(C)O)C(=C)C(=O)O. The van der Waals surface area contributed by atoms with Gasteiger partial charge in [0, 0.05) is 12.5 Å². The zero-order valence-corrected chi connectivity index (χ0v) is 8.47. The van der Waals surface area contributed by atoms with Gasteiger partial charge in [-0.2, -0.15) is 0 Å². The van der Waals surface area contributed by atoms with Gasteiger partial charge in [0.25, 0.3) is 0 Å². The molecule has 0 saturated heterocycles. The van der Waals surface area contributed by atoms with Crippen LogP contribution in [0, 0.1) is 0 Å². The standard InChI is InChI=1S/C10H14O5/c1-4-9(12)15-8(5-6(2)11)7(3)10(13)14/h4,6,8,11H,1,3,5H2,2H3,(H,13,14). The third kappa shape index (κ3) is 4.97. The first-order valence-electron chi connectivity index (χ1n) is 4.31. The fourth-order valence-electron chi connectivity index (χ4n) is 0.897. The number of carboxylic acids is 1. The minimum absolute atomic E-state index is 0.00921. The Bertz CT molecular complexity index is 280. The second-order valence-corrected chi connectivity index (χ2v) is 3.04. The van der Waals surface area contributed by atoms with Gasteiger partial charge in [0.2, 0.25) is 0 Å². The van der Waals surface area contributed by atoms with Crippen LogP contribution < -0.4 is 0 Å². The van der Waals surface area contributed by atoms with Crippen molar-refractivity contribution in [3.8, 4) is 0 Å². The first-order chi connectivity index (χ1) is 6.88. The number of aliphatic hydroxyl groups excluding tert-OH is 1. The molecule has 2 unspecified atom stereocenters. The highest BCUT2D eigenvalue weighted by atomic mass is 16.5. The maximum Gasteiger partial charge on any atom is 0.334 e. The number of carbonyl (C=O) groups excluding carboxylic acids is 1. The number of aliphatic hydroxyl groups is 1. The Labute approximate surface area is 87.7 Å². The third-order valence-corrected chi connectivity index (χ3v) is 1.64. The second kappa shape index (κ2) is 5.98. The van der Waals surface area contributed by atoms with Crippen LogP contribution in [0.2, 0.25) is 0 Å². The predicted octanol–water partition coefficient (Wildman–Crippen LogP) is 0.496. The van der Waals surface area contributed by atoms with E-state index in [4.69, 9.17) is 14.9 Å². The van der Waals surface area contributed by atoms with E-state index >= 15 is 0 Å². The summed E-state index contributed by atoms with van der Waals surface area (Å²) < 4.78 is 4.74. The van der Waals surface area contributed by atoms with Crippen LogP contribution in [0.5, 0.6) is 0 Å². The van der Waals surface area contributed by atoms with Crippen LogP contribution in [0.15, 0.2) is 24.8 Å². The van der Waals surface area contributed by atoms with Gasteiger partial charge in [0.05, 0.1) is 11.7 Å². The normalized spacial score (nSPS) is 13.7. The fraction of sp³-hybridized carbons (Fsp3) is 0.400. The summed E-state index contributed by atoms with van der Waals surface area (Å²) >= 11 is 0. The Morgan fingerprint density at radius 2 is 2.07 bits per heavy atom. The molecule has 2 atom stereocenters. The molecular weight excluding hydrogens is 200 g/mol.